The summed E-state index contributed by atoms with van der Waals surface area (Å²) in [6.45, 7) is 6.04. The zero-order chi connectivity index (χ0) is 16.7. The molecule has 3 nitrogen and oxygen atoms in total. The Balaban J connectivity index is 0.00000288. The van der Waals surface area contributed by atoms with Gasteiger partial charge in [0.1, 0.15) is 0 Å². The number of hydrogen-bond acceptors (Lipinski definition) is 2. The van der Waals surface area contributed by atoms with Crippen molar-refractivity contribution >= 4 is 18.3 Å². The highest BCUT2D eigenvalue weighted by atomic mass is 35.5. The molecule has 0 saturated heterocycles. The Morgan fingerprint density at radius 2 is 1.62 bits per heavy atom. The second-order valence-corrected chi connectivity index (χ2v) is 6.09. The van der Waals surface area contributed by atoms with Gasteiger partial charge in [-0.2, -0.15) is 0 Å². The van der Waals surface area contributed by atoms with Crippen LogP contribution < -0.4 is 5.73 Å². The van der Waals surface area contributed by atoms with E-state index >= 15 is 0 Å². The smallest absolute Gasteiger partial charge is 0.253 e. The second kappa shape index (κ2) is 10.1. The van der Waals surface area contributed by atoms with Crippen LogP contribution in [0.25, 0.3) is 0 Å². The van der Waals surface area contributed by atoms with Crippen molar-refractivity contribution in [1.82, 2.24) is 4.90 Å². The molecule has 0 bridgehead atoms. The van der Waals surface area contributed by atoms with Gasteiger partial charge in [0, 0.05) is 25.2 Å². The van der Waals surface area contributed by atoms with E-state index in [0.29, 0.717) is 25.6 Å². The van der Waals surface area contributed by atoms with E-state index in [1.165, 1.54) is 11.1 Å². The average Bonchev–Trinajstić information content (AvgIpc) is 2.59. The van der Waals surface area contributed by atoms with Crippen LogP contribution in [0.5, 0.6) is 0 Å². The van der Waals surface area contributed by atoms with Crippen LogP contribution in [0.4, 0.5) is 0 Å². The summed E-state index contributed by atoms with van der Waals surface area (Å²) in [6.07, 6.45) is 0.844. The Bertz CT molecular complexity index is 611. The van der Waals surface area contributed by atoms with Crippen molar-refractivity contribution < 1.29 is 4.79 Å². The summed E-state index contributed by atoms with van der Waals surface area (Å²) in [5, 5.41) is 0. The molecule has 0 aliphatic carbocycles. The van der Waals surface area contributed by atoms with Crippen molar-refractivity contribution in [3.63, 3.8) is 0 Å². The molecule has 0 spiro atoms. The lowest BCUT2D eigenvalue weighted by molar-refractivity contribution is 0.0762. The van der Waals surface area contributed by atoms with Gasteiger partial charge in [-0.1, -0.05) is 56.3 Å². The number of hydrogen-bond donors (Lipinski definition) is 1. The van der Waals surface area contributed by atoms with Gasteiger partial charge in [0.25, 0.3) is 5.91 Å². The zero-order valence-corrected chi connectivity index (χ0v) is 15.3. The molecule has 2 aromatic rings. The molecular weight excluding hydrogens is 320 g/mol. The first-order chi connectivity index (χ1) is 11.1. The highest BCUT2D eigenvalue weighted by Gasteiger charge is 2.15. The Labute approximate surface area is 151 Å². The first-order valence-electron chi connectivity index (χ1n) is 8.25. The minimum absolute atomic E-state index is 0. The number of nitrogens with zero attached hydrogens (tertiary/aromatic N) is 1. The van der Waals surface area contributed by atoms with Gasteiger partial charge in [0.05, 0.1) is 0 Å². The van der Waals surface area contributed by atoms with E-state index in [4.69, 9.17) is 5.73 Å². The van der Waals surface area contributed by atoms with Crippen molar-refractivity contribution in [1.29, 1.82) is 0 Å². The summed E-state index contributed by atoms with van der Waals surface area (Å²) in [7, 11) is 0. The number of rotatable bonds is 7. The number of benzene rings is 2. The maximum absolute atomic E-state index is 12.7. The molecule has 1 amide bonds. The van der Waals surface area contributed by atoms with Crippen molar-refractivity contribution in [2.45, 2.75) is 26.2 Å². The predicted octanol–water partition coefficient (Wildman–Crippen LogP) is 3.88. The molecule has 2 N–H and O–H groups in total. The highest BCUT2D eigenvalue weighted by molar-refractivity contribution is 5.94. The van der Waals surface area contributed by atoms with Crippen LogP contribution in [-0.4, -0.2) is 30.4 Å². The molecule has 0 unspecified atom stereocenters. The fraction of sp³-hybridized carbons (Fsp3) is 0.350. The van der Waals surface area contributed by atoms with Crippen molar-refractivity contribution in [2.75, 3.05) is 19.6 Å². The summed E-state index contributed by atoms with van der Waals surface area (Å²) in [4.78, 5) is 14.6. The fourth-order valence-electron chi connectivity index (χ4n) is 2.57. The van der Waals surface area contributed by atoms with Crippen LogP contribution in [0.3, 0.4) is 0 Å². The van der Waals surface area contributed by atoms with Gasteiger partial charge >= 0.3 is 0 Å². The number of nitrogens with two attached hydrogens (primary N) is 1. The second-order valence-electron chi connectivity index (χ2n) is 6.09. The van der Waals surface area contributed by atoms with Crippen LogP contribution >= 0.6 is 12.4 Å². The molecule has 24 heavy (non-hydrogen) atoms. The zero-order valence-electron chi connectivity index (χ0n) is 14.4. The molecule has 0 aliphatic heterocycles. The van der Waals surface area contributed by atoms with Crippen LogP contribution in [-0.2, 0) is 6.42 Å². The van der Waals surface area contributed by atoms with Gasteiger partial charge in [-0.3, -0.25) is 4.79 Å². The standard InChI is InChI=1S/C20H26N2O.ClH/c1-16(2)18-8-10-19(11-9-18)20(23)22(15-13-21)14-12-17-6-4-3-5-7-17;/h3-11,16H,12-15,21H2,1-2H3;1H. The summed E-state index contributed by atoms with van der Waals surface area (Å²) in [5.41, 5.74) is 8.90. The molecule has 0 fully saturated rings. The van der Waals surface area contributed by atoms with E-state index in [9.17, 15) is 4.79 Å². The first kappa shape index (κ1) is 20.2. The maximum Gasteiger partial charge on any atom is 0.253 e. The Hall–Kier alpha value is -1.84. The van der Waals surface area contributed by atoms with Crippen molar-refractivity contribution in [2.24, 2.45) is 5.73 Å². The molecule has 0 heterocycles. The first-order valence-corrected chi connectivity index (χ1v) is 8.25. The molecule has 4 heteroatoms. The van der Waals surface area contributed by atoms with Gasteiger partial charge in [0.15, 0.2) is 0 Å². The lowest BCUT2D eigenvalue weighted by Gasteiger charge is -2.22. The fourth-order valence-corrected chi connectivity index (χ4v) is 2.57. The number of carbonyl (C=O) groups is 1. The molecule has 0 atom stereocenters. The number of halogens is 1. The minimum Gasteiger partial charge on any atom is -0.337 e. The molecule has 2 rings (SSSR count). The monoisotopic (exact) mass is 346 g/mol. The summed E-state index contributed by atoms with van der Waals surface area (Å²) < 4.78 is 0. The van der Waals surface area contributed by atoms with E-state index in [1.54, 1.807) is 0 Å². The summed E-state index contributed by atoms with van der Waals surface area (Å²) >= 11 is 0. The van der Waals surface area contributed by atoms with Crippen molar-refractivity contribution in [3.8, 4) is 0 Å². The number of carbonyl (C=O) groups excluding carboxylic acids is 1. The van der Waals surface area contributed by atoms with E-state index in [1.807, 2.05) is 47.4 Å². The Morgan fingerprint density at radius 3 is 2.17 bits per heavy atom. The average molecular weight is 347 g/mol. The van der Waals surface area contributed by atoms with Gasteiger partial charge in [0.2, 0.25) is 0 Å². The van der Waals surface area contributed by atoms with E-state index in [-0.39, 0.29) is 18.3 Å². The lowest BCUT2D eigenvalue weighted by atomic mass is 10.0. The number of amides is 1. The minimum atomic E-state index is 0. The summed E-state index contributed by atoms with van der Waals surface area (Å²) in [5.74, 6) is 0.527. The Kier molecular flexibility index (Phi) is 8.51. The SMILES string of the molecule is CC(C)c1ccc(C(=O)N(CCN)CCc2ccccc2)cc1.Cl. The van der Waals surface area contributed by atoms with Gasteiger partial charge in [-0.05, 0) is 35.6 Å². The van der Waals surface area contributed by atoms with E-state index < -0.39 is 0 Å². The molecule has 0 saturated carbocycles. The van der Waals surface area contributed by atoms with Gasteiger partial charge < -0.3 is 10.6 Å². The molecule has 130 valence electrons. The highest BCUT2D eigenvalue weighted by Crippen LogP contribution is 2.16. The third kappa shape index (κ3) is 5.66. The van der Waals surface area contributed by atoms with Gasteiger partial charge in [-0.25, -0.2) is 0 Å². The van der Waals surface area contributed by atoms with Crippen LogP contribution in [0.15, 0.2) is 54.6 Å². The van der Waals surface area contributed by atoms with Crippen LogP contribution in [0.1, 0.15) is 41.3 Å². The van der Waals surface area contributed by atoms with E-state index in [2.05, 4.69) is 26.0 Å². The normalized spacial score (nSPS) is 10.3. The Morgan fingerprint density at radius 1 is 1.00 bits per heavy atom. The van der Waals surface area contributed by atoms with Crippen molar-refractivity contribution in [3.05, 3.63) is 71.3 Å². The van der Waals surface area contributed by atoms with E-state index in [0.717, 1.165) is 12.0 Å². The maximum atomic E-state index is 12.7. The molecule has 0 radical (unpaired) electrons. The molecular formula is C20H27ClN2O. The van der Waals surface area contributed by atoms with Crippen LogP contribution in [0.2, 0.25) is 0 Å². The predicted molar refractivity (Wildman–Crippen MR) is 103 cm³/mol. The van der Waals surface area contributed by atoms with Gasteiger partial charge in [-0.15, -0.1) is 12.4 Å². The molecule has 0 aliphatic rings. The third-order valence-electron chi connectivity index (χ3n) is 4.02. The van der Waals surface area contributed by atoms with Crippen LogP contribution in [0, 0.1) is 0 Å². The summed E-state index contributed by atoms with van der Waals surface area (Å²) in [6, 6.07) is 18.1. The topological polar surface area (TPSA) is 46.3 Å². The lowest BCUT2D eigenvalue weighted by Crippen LogP contribution is -2.36. The largest absolute Gasteiger partial charge is 0.337 e. The quantitative estimate of drug-likeness (QED) is 0.827. The third-order valence-corrected chi connectivity index (χ3v) is 4.02. The molecule has 2 aromatic carbocycles. The molecule has 0 aromatic heterocycles.